The van der Waals surface area contributed by atoms with Crippen molar-refractivity contribution in [1.29, 1.82) is 0 Å². The molecule has 2 fully saturated rings. The summed E-state index contributed by atoms with van der Waals surface area (Å²) in [5, 5.41) is 9.31. The number of hydrogen-bond acceptors (Lipinski definition) is 6. The highest BCUT2D eigenvalue weighted by Crippen LogP contribution is 2.58. The van der Waals surface area contributed by atoms with E-state index in [4.69, 9.17) is 9.47 Å². The number of aliphatic hydroxyl groups is 1. The largest absolute Gasteiger partial charge is 0.466 e. The SMILES string of the molecule is CCCCCC(CCCCC)CCOC(=O)CCCCCCCN(CCCCO)CCCCCCCC(=O)OC(C)(C)C(C)(C)C1CC2CCCCCC21. The van der Waals surface area contributed by atoms with Crippen LogP contribution in [0, 0.1) is 29.1 Å². The molecule has 0 aromatic carbocycles. The number of fused-ring (bicyclic) bond motifs is 1. The molecule has 0 spiro atoms. The summed E-state index contributed by atoms with van der Waals surface area (Å²) in [5.41, 5.74) is -0.443. The Hall–Kier alpha value is -1.14. The number of aliphatic hydroxyl groups excluding tert-OH is 1. The lowest BCUT2D eigenvalue weighted by Crippen LogP contribution is -2.55. The average molecular weight is 762 g/mol. The maximum atomic E-state index is 12.9. The third-order valence-corrected chi connectivity index (χ3v) is 14.0. The van der Waals surface area contributed by atoms with Gasteiger partial charge in [0.25, 0.3) is 0 Å². The average Bonchev–Trinajstić information content (AvgIpc) is 3.30. The maximum absolute atomic E-state index is 12.9. The lowest BCUT2D eigenvalue weighted by atomic mass is 9.50. The van der Waals surface area contributed by atoms with Crippen molar-refractivity contribution in [3.05, 3.63) is 0 Å². The molecule has 6 nitrogen and oxygen atoms in total. The molecule has 1 N–H and O–H groups in total. The van der Waals surface area contributed by atoms with Gasteiger partial charge in [0.1, 0.15) is 5.60 Å². The molecule has 0 heterocycles. The molecule has 0 saturated heterocycles. The second kappa shape index (κ2) is 29.1. The summed E-state index contributed by atoms with van der Waals surface area (Å²) in [6, 6.07) is 0. The van der Waals surface area contributed by atoms with Crippen molar-refractivity contribution in [2.24, 2.45) is 29.1 Å². The minimum Gasteiger partial charge on any atom is -0.466 e. The molecule has 0 amide bonds. The fourth-order valence-corrected chi connectivity index (χ4v) is 9.55. The van der Waals surface area contributed by atoms with Gasteiger partial charge in [0.2, 0.25) is 0 Å². The number of rotatable bonds is 34. The Balaban J connectivity index is 1.54. The first-order valence-electron chi connectivity index (χ1n) is 23.8. The molecule has 2 aliphatic carbocycles. The molecular formula is C48H91NO5. The van der Waals surface area contributed by atoms with E-state index >= 15 is 0 Å². The minimum absolute atomic E-state index is 0.00253. The van der Waals surface area contributed by atoms with Crippen LogP contribution in [0.4, 0.5) is 0 Å². The smallest absolute Gasteiger partial charge is 0.306 e. The lowest BCUT2D eigenvalue weighted by Gasteiger charge is -2.57. The fraction of sp³-hybridized carbons (Fsp3) is 0.958. The van der Waals surface area contributed by atoms with E-state index in [2.05, 4.69) is 46.4 Å². The molecule has 0 bridgehead atoms. The summed E-state index contributed by atoms with van der Waals surface area (Å²) < 4.78 is 11.9. The summed E-state index contributed by atoms with van der Waals surface area (Å²) >= 11 is 0. The zero-order valence-electron chi connectivity index (χ0n) is 36.9. The summed E-state index contributed by atoms with van der Waals surface area (Å²) in [5.74, 6) is 3.08. The van der Waals surface area contributed by atoms with Gasteiger partial charge in [-0.15, -0.1) is 0 Å². The van der Waals surface area contributed by atoms with E-state index in [-0.39, 0.29) is 24.0 Å². The van der Waals surface area contributed by atoms with Gasteiger partial charge in [0.05, 0.1) is 6.61 Å². The topological polar surface area (TPSA) is 76.1 Å². The second-order valence-electron chi connectivity index (χ2n) is 18.8. The zero-order valence-corrected chi connectivity index (χ0v) is 36.9. The van der Waals surface area contributed by atoms with Crippen LogP contribution in [-0.4, -0.2) is 60.4 Å². The van der Waals surface area contributed by atoms with Crippen LogP contribution in [-0.2, 0) is 19.1 Å². The number of unbranched alkanes of at least 4 members (excludes halogenated alkanes) is 13. The predicted molar refractivity (Wildman–Crippen MR) is 228 cm³/mol. The van der Waals surface area contributed by atoms with Crippen molar-refractivity contribution in [2.75, 3.05) is 32.8 Å². The van der Waals surface area contributed by atoms with Crippen molar-refractivity contribution in [1.82, 2.24) is 4.90 Å². The van der Waals surface area contributed by atoms with Crippen molar-refractivity contribution >= 4 is 11.9 Å². The van der Waals surface area contributed by atoms with Crippen molar-refractivity contribution in [2.45, 2.75) is 233 Å². The highest BCUT2D eigenvalue weighted by molar-refractivity contribution is 5.70. The Kier molecular flexibility index (Phi) is 26.4. The molecule has 0 aromatic heterocycles. The first-order valence-corrected chi connectivity index (χ1v) is 23.8. The monoisotopic (exact) mass is 762 g/mol. The van der Waals surface area contributed by atoms with E-state index in [0.717, 1.165) is 76.4 Å². The number of carbonyl (C=O) groups is 2. The van der Waals surface area contributed by atoms with E-state index in [1.54, 1.807) is 0 Å². The van der Waals surface area contributed by atoms with E-state index in [0.29, 0.717) is 31.3 Å². The predicted octanol–water partition coefficient (Wildman–Crippen LogP) is 13.0. The molecular weight excluding hydrogens is 671 g/mol. The van der Waals surface area contributed by atoms with Gasteiger partial charge in [0, 0.05) is 24.9 Å². The Bertz CT molecular complexity index is 939. The molecule has 0 radical (unpaired) electrons. The molecule has 318 valence electrons. The van der Waals surface area contributed by atoms with Gasteiger partial charge in [0.15, 0.2) is 0 Å². The van der Waals surface area contributed by atoms with Gasteiger partial charge in [-0.3, -0.25) is 9.59 Å². The number of carbonyl (C=O) groups excluding carboxylic acids is 2. The molecule has 2 saturated carbocycles. The Morgan fingerprint density at radius 1 is 0.648 bits per heavy atom. The number of nitrogens with zero attached hydrogens (tertiary/aromatic N) is 1. The van der Waals surface area contributed by atoms with E-state index in [1.807, 2.05) is 0 Å². The van der Waals surface area contributed by atoms with Crippen LogP contribution in [0.15, 0.2) is 0 Å². The van der Waals surface area contributed by atoms with E-state index in [1.165, 1.54) is 128 Å². The first kappa shape index (κ1) is 49.0. The third kappa shape index (κ3) is 19.8. The fourth-order valence-electron chi connectivity index (χ4n) is 9.55. The zero-order chi connectivity index (χ0) is 39.5. The summed E-state index contributed by atoms with van der Waals surface area (Å²) in [6.07, 6.45) is 33.8. The van der Waals surface area contributed by atoms with Gasteiger partial charge in [-0.05, 0) is 115 Å². The quantitative estimate of drug-likeness (QED) is 0.0520. The normalized spacial score (nSPS) is 19.1. The van der Waals surface area contributed by atoms with Crippen LogP contribution < -0.4 is 0 Å². The minimum atomic E-state index is -0.440. The Labute approximate surface area is 335 Å². The summed E-state index contributed by atoms with van der Waals surface area (Å²) in [7, 11) is 0. The van der Waals surface area contributed by atoms with Gasteiger partial charge in [-0.1, -0.05) is 143 Å². The van der Waals surface area contributed by atoms with Gasteiger partial charge < -0.3 is 19.5 Å². The highest BCUT2D eigenvalue weighted by Gasteiger charge is 2.55. The van der Waals surface area contributed by atoms with Crippen molar-refractivity contribution in [3.8, 4) is 0 Å². The standard InChI is InChI=1S/C48H91NO5/c1-7-9-18-28-41(29-19-10-8-2)34-39-53-45(51)32-22-13-11-15-24-35-49(37-26-27-38-50)36-25-16-12-14-23-33-46(52)54-48(5,6)47(3,4)44-40-42-30-20-17-21-31-43(42)44/h41-44,50H,7-40H2,1-6H3. The van der Waals surface area contributed by atoms with Gasteiger partial charge in [-0.2, -0.15) is 0 Å². The first-order chi connectivity index (χ1) is 26.1. The Morgan fingerprint density at radius 3 is 1.78 bits per heavy atom. The highest BCUT2D eigenvalue weighted by atomic mass is 16.6. The maximum Gasteiger partial charge on any atom is 0.306 e. The lowest BCUT2D eigenvalue weighted by molar-refractivity contribution is -0.186. The Morgan fingerprint density at radius 2 is 1.19 bits per heavy atom. The number of ether oxygens (including phenoxy) is 2. The van der Waals surface area contributed by atoms with Crippen molar-refractivity contribution in [3.63, 3.8) is 0 Å². The van der Waals surface area contributed by atoms with Crippen LogP contribution in [0.2, 0.25) is 0 Å². The molecule has 2 aliphatic rings. The molecule has 3 atom stereocenters. The molecule has 6 heteroatoms. The van der Waals surface area contributed by atoms with Gasteiger partial charge in [-0.25, -0.2) is 0 Å². The van der Waals surface area contributed by atoms with Crippen LogP contribution in [0.25, 0.3) is 0 Å². The number of esters is 2. The molecule has 3 unspecified atom stereocenters. The van der Waals surface area contributed by atoms with Crippen LogP contribution in [0.5, 0.6) is 0 Å². The van der Waals surface area contributed by atoms with Crippen molar-refractivity contribution < 1.29 is 24.2 Å². The molecule has 54 heavy (non-hydrogen) atoms. The second-order valence-corrected chi connectivity index (χ2v) is 18.8. The van der Waals surface area contributed by atoms with Crippen LogP contribution >= 0.6 is 0 Å². The van der Waals surface area contributed by atoms with Crippen LogP contribution in [0.3, 0.4) is 0 Å². The van der Waals surface area contributed by atoms with Crippen LogP contribution in [0.1, 0.15) is 228 Å². The molecule has 0 aromatic rings. The van der Waals surface area contributed by atoms with E-state index in [9.17, 15) is 14.7 Å². The molecule has 2 rings (SSSR count). The third-order valence-electron chi connectivity index (χ3n) is 14.0. The number of hydrogen-bond donors (Lipinski definition) is 1. The van der Waals surface area contributed by atoms with Gasteiger partial charge >= 0.3 is 11.9 Å². The summed E-state index contributed by atoms with van der Waals surface area (Å²) in [4.78, 5) is 27.9. The van der Waals surface area contributed by atoms with E-state index < -0.39 is 5.60 Å². The summed E-state index contributed by atoms with van der Waals surface area (Å²) in [6.45, 7) is 17.7. The molecule has 0 aliphatic heterocycles.